The van der Waals surface area contributed by atoms with Gasteiger partial charge in [0.25, 0.3) is 0 Å². The van der Waals surface area contributed by atoms with Gasteiger partial charge in [-0.2, -0.15) is 0 Å². The van der Waals surface area contributed by atoms with Gasteiger partial charge in [-0.25, -0.2) is 4.79 Å². The lowest BCUT2D eigenvalue weighted by Crippen LogP contribution is -2.10. The molecule has 0 radical (unpaired) electrons. The Bertz CT molecular complexity index is 660. The monoisotopic (exact) mass is 286 g/mol. The second-order valence-electron chi connectivity index (χ2n) is 5.25. The molecule has 0 saturated heterocycles. The predicted molar refractivity (Wildman–Crippen MR) is 80.4 cm³/mol. The zero-order valence-corrected chi connectivity index (χ0v) is 11.7. The average molecular weight is 287 g/mol. The van der Waals surface area contributed by atoms with Crippen LogP contribution in [-0.2, 0) is 0 Å². The van der Waals surface area contributed by atoms with Crippen molar-refractivity contribution in [3.63, 3.8) is 0 Å². The highest BCUT2D eigenvalue weighted by Crippen LogP contribution is 2.41. The predicted octanol–water partition coefficient (Wildman–Crippen LogP) is 4.97. The molecule has 0 amide bonds. The topological polar surface area (TPSA) is 37.3 Å². The number of hydrogen-bond acceptors (Lipinski definition) is 1. The summed E-state index contributed by atoms with van der Waals surface area (Å²) < 4.78 is 0. The van der Waals surface area contributed by atoms with Crippen molar-refractivity contribution in [2.75, 3.05) is 0 Å². The average Bonchev–Trinajstić information content (AvgIpc) is 2.36. The summed E-state index contributed by atoms with van der Waals surface area (Å²) in [6.07, 6.45) is 3.70. The van der Waals surface area contributed by atoms with Crippen LogP contribution in [0.25, 0.3) is 11.1 Å². The normalized spacial score (nSPS) is 14.8. The molecule has 3 heteroatoms. The van der Waals surface area contributed by atoms with Crippen LogP contribution in [0.5, 0.6) is 0 Å². The molecule has 1 N–H and O–H groups in total. The van der Waals surface area contributed by atoms with E-state index in [1.165, 1.54) is 30.9 Å². The maximum Gasteiger partial charge on any atom is 0.335 e. The maximum absolute atomic E-state index is 11.2. The summed E-state index contributed by atoms with van der Waals surface area (Å²) in [6, 6.07) is 13.2. The van der Waals surface area contributed by atoms with Crippen LogP contribution in [0, 0.1) is 0 Å². The van der Waals surface area contributed by atoms with Gasteiger partial charge in [0.15, 0.2) is 0 Å². The van der Waals surface area contributed by atoms with Gasteiger partial charge in [-0.15, -0.1) is 0 Å². The van der Waals surface area contributed by atoms with Gasteiger partial charge in [0.1, 0.15) is 0 Å². The van der Waals surface area contributed by atoms with Gasteiger partial charge in [-0.1, -0.05) is 42.3 Å². The molecule has 1 aliphatic rings. The zero-order chi connectivity index (χ0) is 14.1. The molecule has 1 saturated carbocycles. The first-order valence-corrected chi connectivity index (χ1v) is 7.16. The molecule has 0 heterocycles. The number of halogens is 1. The molecule has 2 aromatic rings. The molecule has 2 nitrogen and oxygen atoms in total. The third-order valence-electron chi connectivity index (χ3n) is 3.96. The Balaban J connectivity index is 2.11. The van der Waals surface area contributed by atoms with E-state index in [2.05, 4.69) is 6.07 Å². The SMILES string of the molecule is O=C(O)c1cc(Cl)cc(-c2ccccc2C2CCC2)c1. The Hall–Kier alpha value is -1.80. The van der Waals surface area contributed by atoms with E-state index in [-0.39, 0.29) is 5.56 Å². The Labute approximate surface area is 123 Å². The summed E-state index contributed by atoms with van der Waals surface area (Å²) in [7, 11) is 0. The quantitative estimate of drug-likeness (QED) is 0.864. The molecule has 0 spiro atoms. The molecule has 20 heavy (non-hydrogen) atoms. The van der Waals surface area contributed by atoms with Crippen LogP contribution in [0.15, 0.2) is 42.5 Å². The van der Waals surface area contributed by atoms with Crippen molar-refractivity contribution in [3.05, 3.63) is 58.6 Å². The number of hydrogen-bond donors (Lipinski definition) is 1. The van der Waals surface area contributed by atoms with Crippen LogP contribution in [0.4, 0.5) is 0 Å². The van der Waals surface area contributed by atoms with Gasteiger partial charge in [-0.3, -0.25) is 0 Å². The van der Waals surface area contributed by atoms with Crippen LogP contribution in [0.1, 0.15) is 41.1 Å². The van der Waals surface area contributed by atoms with Crippen molar-refractivity contribution in [2.24, 2.45) is 0 Å². The molecule has 0 aromatic heterocycles. The Morgan fingerprint density at radius 1 is 1.15 bits per heavy atom. The molecule has 0 unspecified atom stereocenters. The van der Waals surface area contributed by atoms with Crippen LogP contribution in [-0.4, -0.2) is 11.1 Å². The zero-order valence-electron chi connectivity index (χ0n) is 11.0. The van der Waals surface area contributed by atoms with E-state index in [4.69, 9.17) is 16.7 Å². The highest BCUT2D eigenvalue weighted by atomic mass is 35.5. The molecular formula is C17H15ClO2. The van der Waals surface area contributed by atoms with E-state index < -0.39 is 5.97 Å². The summed E-state index contributed by atoms with van der Waals surface area (Å²) >= 11 is 6.06. The van der Waals surface area contributed by atoms with Gasteiger partial charge >= 0.3 is 5.97 Å². The van der Waals surface area contributed by atoms with Crippen LogP contribution in [0.3, 0.4) is 0 Å². The lowest BCUT2D eigenvalue weighted by atomic mass is 9.77. The van der Waals surface area contributed by atoms with Gasteiger partial charge < -0.3 is 5.11 Å². The van der Waals surface area contributed by atoms with E-state index in [9.17, 15) is 4.79 Å². The molecule has 0 bridgehead atoms. The Morgan fingerprint density at radius 3 is 2.55 bits per heavy atom. The molecular weight excluding hydrogens is 272 g/mol. The van der Waals surface area contributed by atoms with Gasteiger partial charge in [0.2, 0.25) is 0 Å². The van der Waals surface area contributed by atoms with E-state index in [1.54, 1.807) is 6.07 Å². The number of benzene rings is 2. The smallest absolute Gasteiger partial charge is 0.335 e. The third-order valence-corrected chi connectivity index (χ3v) is 4.18. The van der Waals surface area contributed by atoms with Gasteiger partial charge in [-0.05, 0) is 53.6 Å². The van der Waals surface area contributed by atoms with Gasteiger partial charge in [0, 0.05) is 5.02 Å². The van der Waals surface area contributed by atoms with Crippen LogP contribution in [0.2, 0.25) is 5.02 Å². The number of aromatic carboxylic acids is 1. The van der Waals surface area contributed by atoms with E-state index in [1.807, 2.05) is 24.3 Å². The Morgan fingerprint density at radius 2 is 1.90 bits per heavy atom. The highest BCUT2D eigenvalue weighted by molar-refractivity contribution is 6.31. The fourth-order valence-electron chi connectivity index (χ4n) is 2.70. The van der Waals surface area contributed by atoms with E-state index in [0.29, 0.717) is 10.9 Å². The van der Waals surface area contributed by atoms with E-state index in [0.717, 1.165) is 11.1 Å². The highest BCUT2D eigenvalue weighted by Gasteiger charge is 2.22. The lowest BCUT2D eigenvalue weighted by Gasteiger charge is -2.28. The fourth-order valence-corrected chi connectivity index (χ4v) is 2.94. The van der Waals surface area contributed by atoms with Crippen LogP contribution < -0.4 is 0 Å². The second kappa shape index (κ2) is 5.29. The van der Waals surface area contributed by atoms with Crippen molar-refractivity contribution in [3.8, 4) is 11.1 Å². The van der Waals surface area contributed by atoms with Crippen molar-refractivity contribution >= 4 is 17.6 Å². The largest absolute Gasteiger partial charge is 0.478 e. The van der Waals surface area contributed by atoms with Crippen molar-refractivity contribution in [1.29, 1.82) is 0 Å². The van der Waals surface area contributed by atoms with Crippen molar-refractivity contribution in [1.82, 2.24) is 0 Å². The first-order chi connectivity index (χ1) is 9.65. The minimum atomic E-state index is -0.949. The fraction of sp³-hybridized carbons (Fsp3) is 0.235. The summed E-state index contributed by atoms with van der Waals surface area (Å²) in [6.45, 7) is 0. The lowest BCUT2D eigenvalue weighted by molar-refractivity contribution is 0.0697. The number of carboxylic acids is 1. The standard InChI is InChI=1S/C17H15ClO2/c18-14-9-12(8-13(10-14)17(19)20)16-7-2-1-6-15(16)11-4-3-5-11/h1-2,6-11H,3-5H2,(H,19,20). The number of rotatable bonds is 3. The number of carbonyl (C=O) groups is 1. The summed E-state index contributed by atoms with van der Waals surface area (Å²) in [5.74, 6) is -0.353. The number of carboxylic acid groups (broad SMARTS) is 1. The van der Waals surface area contributed by atoms with E-state index >= 15 is 0 Å². The first kappa shape index (κ1) is 13.2. The minimum absolute atomic E-state index is 0.232. The molecule has 1 aliphatic carbocycles. The van der Waals surface area contributed by atoms with Gasteiger partial charge in [0.05, 0.1) is 5.56 Å². The van der Waals surface area contributed by atoms with Crippen molar-refractivity contribution < 1.29 is 9.90 Å². The molecule has 3 rings (SSSR count). The Kier molecular flexibility index (Phi) is 3.49. The molecule has 2 aromatic carbocycles. The molecule has 102 valence electrons. The second-order valence-corrected chi connectivity index (χ2v) is 5.69. The molecule has 0 atom stereocenters. The first-order valence-electron chi connectivity index (χ1n) is 6.78. The molecule has 0 aliphatic heterocycles. The third kappa shape index (κ3) is 2.44. The van der Waals surface area contributed by atoms with Crippen molar-refractivity contribution in [2.45, 2.75) is 25.2 Å². The maximum atomic E-state index is 11.2. The minimum Gasteiger partial charge on any atom is -0.478 e. The summed E-state index contributed by atoms with van der Waals surface area (Å²) in [5, 5.41) is 9.62. The summed E-state index contributed by atoms with van der Waals surface area (Å²) in [4.78, 5) is 11.2. The molecule has 1 fully saturated rings. The van der Waals surface area contributed by atoms with Crippen LogP contribution >= 0.6 is 11.6 Å². The summed E-state index contributed by atoms with van der Waals surface area (Å²) in [5.41, 5.74) is 3.52.